The van der Waals surface area contributed by atoms with Gasteiger partial charge in [-0.15, -0.1) is 0 Å². The monoisotopic (exact) mass is 465 g/mol. The van der Waals surface area contributed by atoms with E-state index in [1.54, 1.807) is 24.4 Å². The minimum atomic E-state index is -3.59. The second-order valence-corrected chi connectivity index (χ2v) is 10.8. The summed E-state index contributed by atoms with van der Waals surface area (Å²) >= 11 is 1.41. The number of pyridine rings is 1. The van der Waals surface area contributed by atoms with Crippen LogP contribution in [-0.4, -0.2) is 30.5 Å². The number of aromatic nitrogens is 2. The van der Waals surface area contributed by atoms with E-state index in [1.807, 2.05) is 30.3 Å². The predicted octanol–water partition coefficient (Wildman–Crippen LogP) is 5.07. The molecule has 1 amide bonds. The molecule has 0 bridgehead atoms. The summed E-state index contributed by atoms with van der Waals surface area (Å²) in [5.41, 5.74) is 2.76. The number of hydrogen-bond donors (Lipinski definition) is 0. The molecule has 2 aromatic heterocycles. The van der Waals surface area contributed by atoms with E-state index in [1.165, 1.54) is 28.4 Å². The van der Waals surface area contributed by atoms with E-state index in [9.17, 15) is 13.2 Å². The number of rotatable bonds is 6. The average molecular weight is 466 g/mol. The molecule has 2 aromatic carbocycles. The summed E-state index contributed by atoms with van der Waals surface area (Å²) in [4.78, 5) is 24.4. The number of anilines is 1. The first-order valence-corrected chi connectivity index (χ1v) is 12.9. The van der Waals surface area contributed by atoms with Gasteiger partial charge in [0.05, 0.1) is 32.9 Å². The van der Waals surface area contributed by atoms with Crippen LogP contribution in [0, 0.1) is 0 Å². The van der Waals surface area contributed by atoms with Gasteiger partial charge in [-0.1, -0.05) is 55.5 Å². The SMILES string of the molecule is CC(C)c1cccc2sc(N(Cc3ccccn3)C(=O)c3ccccc3S(C)(=O)=O)nc12. The van der Waals surface area contributed by atoms with Crippen LogP contribution in [0.4, 0.5) is 5.13 Å². The van der Waals surface area contributed by atoms with E-state index in [0.717, 1.165) is 22.0 Å². The van der Waals surface area contributed by atoms with Gasteiger partial charge in [-0.05, 0) is 41.8 Å². The Morgan fingerprint density at radius 2 is 1.78 bits per heavy atom. The van der Waals surface area contributed by atoms with Crippen molar-refractivity contribution in [3.05, 3.63) is 83.7 Å². The summed E-state index contributed by atoms with van der Waals surface area (Å²) in [6, 6.07) is 17.8. The van der Waals surface area contributed by atoms with Crippen LogP contribution in [0.1, 0.15) is 41.4 Å². The van der Waals surface area contributed by atoms with Crippen LogP contribution < -0.4 is 4.90 Å². The zero-order valence-corrected chi connectivity index (χ0v) is 19.7. The number of para-hydroxylation sites is 1. The highest BCUT2D eigenvalue weighted by Crippen LogP contribution is 2.35. The maximum atomic E-state index is 13.7. The molecule has 0 N–H and O–H groups in total. The molecule has 0 spiro atoms. The second-order valence-electron chi connectivity index (χ2n) is 7.83. The summed E-state index contributed by atoms with van der Waals surface area (Å²) < 4.78 is 25.7. The van der Waals surface area contributed by atoms with Crippen molar-refractivity contribution >= 4 is 42.4 Å². The van der Waals surface area contributed by atoms with E-state index in [-0.39, 0.29) is 22.9 Å². The fourth-order valence-corrected chi connectivity index (χ4v) is 5.41. The maximum absolute atomic E-state index is 13.7. The van der Waals surface area contributed by atoms with Crippen molar-refractivity contribution in [2.45, 2.75) is 31.2 Å². The van der Waals surface area contributed by atoms with Gasteiger partial charge in [-0.25, -0.2) is 13.4 Å². The summed E-state index contributed by atoms with van der Waals surface area (Å²) in [6.07, 6.45) is 2.77. The van der Waals surface area contributed by atoms with Gasteiger partial charge in [0.1, 0.15) is 0 Å². The lowest BCUT2D eigenvalue weighted by Crippen LogP contribution is -2.31. The maximum Gasteiger partial charge on any atom is 0.261 e. The standard InChI is InChI=1S/C24H23N3O3S2/c1-16(2)18-11-8-12-20-22(18)26-24(31-20)27(15-17-9-6-7-14-25-17)23(28)19-10-4-5-13-21(19)32(3,29)30/h4-14,16H,15H2,1-3H3. The molecule has 0 aliphatic heterocycles. The molecule has 4 rings (SSSR count). The van der Waals surface area contributed by atoms with Gasteiger partial charge in [0.15, 0.2) is 15.0 Å². The Morgan fingerprint density at radius 3 is 2.47 bits per heavy atom. The van der Waals surface area contributed by atoms with Crippen molar-refractivity contribution in [2.24, 2.45) is 0 Å². The van der Waals surface area contributed by atoms with Crippen molar-refractivity contribution in [2.75, 3.05) is 11.2 Å². The zero-order valence-electron chi connectivity index (χ0n) is 18.0. The van der Waals surface area contributed by atoms with Crippen LogP contribution in [0.3, 0.4) is 0 Å². The Hall–Kier alpha value is -3.10. The van der Waals surface area contributed by atoms with Gasteiger partial charge in [0.2, 0.25) is 0 Å². The topological polar surface area (TPSA) is 80.2 Å². The molecule has 0 aliphatic carbocycles. The Bertz CT molecular complexity index is 1380. The smallest absolute Gasteiger partial charge is 0.261 e. The lowest BCUT2D eigenvalue weighted by atomic mass is 10.0. The zero-order chi connectivity index (χ0) is 22.9. The summed E-state index contributed by atoms with van der Waals surface area (Å²) in [7, 11) is -3.59. The van der Waals surface area contributed by atoms with Crippen LogP contribution in [0.15, 0.2) is 71.8 Å². The molecular weight excluding hydrogens is 442 g/mol. The predicted molar refractivity (Wildman–Crippen MR) is 128 cm³/mol. The Labute approximate surface area is 191 Å². The molecule has 2 heterocycles. The molecule has 164 valence electrons. The van der Waals surface area contributed by atoms with Gasteiger partial charge >= 0.3 is 0 Å². The van der Waals surface area contributed by atoms with Gasteiger partial charge in [-0.2, -0.15) is 0 Å². The second kappa shape index (κ2) is 8.80. The van der Waals surface area contributed by atoms with Gasteiger partial charge < -0.3 is 0 Å². The van der Waals surface area contributed by atoms with Crippen LogP contribution in [0.2, 0.25) is 0 Å². The summed E-state index contributed by atoms with van der Waals surface area (Å²) in [5.74, 6) is -0.151. The highest BCUT2D eigenvalue weighted by atomic mass is 32.2. The molecule has 4 aromatic rings. The lowest BCUT2D eigenvalue weighted by Gasteiger charge is -2.21. The van der Waals surface area contributed by atoms with Crippen molar-refractivity contribution in [3.63, 3.8) is 0 Å². The number of thiazole rings is 1. The Morgan fingerprint density at radius 1 is 1.03 bits per heavy atom. The number of carbonyl (C=O) groups is 1. The quantitative estimate of drug-likeness (QED) is 0.397. The minimum Gasteiger partial charge on any atom is -0.278 e. The lowest BCUT2D eigenvalue weighted by molar-refractivity contribution is 0.0981. The fourth-order valence-electron chi connectivity index (χ4n) is 3.53. The van der Waals surface area contributed by atoms with Gasteiger partial charge in [-0.3, -0.25) is 14.7 Å². The molecule has 0 saturated heterocycles. The first-order valence-electron chi connectivity index (χ1n) is 10.2. The molecule has 0 saturated carbocycles. The first kappa shape index (κ1) is 22.1. The van der Waals surface area contributed by atoms with Crippen molar-refractivity contribution in [1.82, 2.24) is 9.97 Å². The largest absolute Gasteiger partial charge is 0.278 e. The molecule has 0 radical (unpaired) electrons. The first-order chi connectivity index (χ1) is 15.3. The van der Waals surface area contributed by atoms with Crippen LogP contribution in [-0.2, 0) is 16.4 Å². The molecular formula is C24H23N3O3S2. The van der Waals surface area contributed by atoms with Gasteiger partial charge in [0.25, 0.3) is 5.91 Å². The van der Waals surface area contributed by atoms with Crippen molar-refractivity contribution < 1.29 is 13.2 Å². The van der Waals surface area contributed by atoms with Crippen LogP contribution in [0.25, 0.3) is 10.2 Å². The third kappa shape index (κ3) is 4.42. The van der Waals surface area contributed by atoms with Crippen LogP contribution >= 0.6 is 11.3 Å². The number of benzene rings is 2. The number of amides is 1. The highest BCUT2D eigenvalue weighted by molar-refractivity contribution is 7.90. The summed E-state index contributed by atoms with van der Waals surface area (Å²) in [5, 5.41) is 0.507. The molecule has 0 atom stereocenters. The normalized spacial score (nSPS) is 11.8. The van der Waals surface area contributed by atoms with E-state index >= 15 is 0 Å². The average Bonchev–Trinajstić information content (AvgIpc) is 3.21. The van der Waals surface area contributed by atoms with Crippen LogP contribution in [0.5, 0.6) is 0 Å². The van der Waals surface area contributed by atoms with E-state index < -0.39 is 15.7 Å². The van der Waals surface area contributed by atoms with E-state index in [0.29, 0.717) is 10.8 Å². The molecule has 0 unspecified atom stereocenters. The third-order valence-corrected chi connectivity index (χ3v) is 7.30. The number of carbonyl (C=O) groups excluding carboxylic acids is 1. The molecule has 0 fully saturated rings. The van der Waals surface area contributed by atoms with Gasteiger partial charge in [0, 0.05) is 12.5 Å². The molecule has 0 aliphatic rings. The Balaban J connectivity index is 1.87. The number of nitrogens with zero attached hydrogens (tertiary/aromatic N) is 3. The van der Waals surface area contributed by atoms with Crippen molar-refractivity contribution in [1.29, 1.82) is 0 Å². The number of sulfone groups is 1. The van der Waals surface area contributed by atoms with E-state index in [4.69, 9.17) is 4.98 Å². The van der Waals surface area contributed by atoms with Crippen molar-refractivity contribution in [3.8, 4) is 0 Å². The molecule has 6 nitrogen and oxygen atoms in total. The highest BCUT2D eigenvalue weighted by Gasteiger charge is 2.27. The molecule has 32 heavy (non-hydrogen) atoms. The summed E-state index contributed by atoms with van der Waals surface area (Å²) in [6.45, 7) is 4.38. The number of hydrogen-bond acceptors (Lipinski definition) is 6. The third-order valence-electron chi connectivity index (χ3n) is 5.10. The Kier molecular flexibility index (Phi) is 6.08. The minimum absolute atomic E-state index is 0.00000131. The number of fused-ring (bicyclic) bond motifs is 1. The van der Waals surface area contributed by atoms with E-state index in [2.05, 4.69) is 18.8 Å². The molecule has 8 heteroatoms. The fraction of sp³-hybridized carbons (Fsp3) is 0.208.